The minimum atomic E-state index is -3.73. The van der Waals surface area contributed by atoms with Crippen molar-refractivity contribution in [1.29, 1.82) is 0 Å². The minimum absolute atomic E-state index is 0.000448. The number of rotatable bonds is 18. The first-order valence-electron chi connectivity index (χ1n) is 12.4. The van der Waals surface area contributed by atoms with Gasteiger partial charge in [-0.2, -0.15) is 0 Å². The van der Waals surface area contributed by atoms with Crippen molar-refractivity contribution in [1.82, 2.24) is 20.7 Å². The number of aromatic hydroxyl groups is 1. The highest BCUT2D eigenvalue weighted by molar-refractivity contribution is 7.88. The Morgan fingerprint density at radius 2 is 1.51 bits per heavy atom. The number of aliphatic carboxylic acids is 2. The predicted molar refractivity (Wildman–Crippen MR) is 142 cm³/mol. The van der Waals surface area contributed by atoms with E-state index in [1.807, 2.05) is 0 Å². The molecule has 1 rings (SSSR count). The molecule has 0 saturated carbocycles. The van der Waals surface area contributed by atoms with Crippen molar-refractivity contribution < 1.29 is 42.9 Å². The van der Waals surface area contributed by atoms with E-state index in [4.69, 9.17) is 5.73 Å². The highest BCUT2D eigenvalue weighted by Crippen LogP contribution is 2.12. The molecule has 0 saturated heterocycles. The van der Waals surface area contributed by atoms with Crippen LogP contribution in [-0.4, -0.2) is 91.0 Å². The monoisotopic (exact) mass is 573 g/mol. The second-order valence-electron chi connectivity index (χ2n) is 9.52. The van der Waals surface area contributed by atoms with Gasteiger partial charge in [0, 0.05) is 13.0 Å². The van der Waals surface area contributed by atoms with Crippen molar-refractivity contribution in [2.24, 2.45) is 11.7 Å². The molecule has 0 heterocycles. The Morgan fingerprint density at radius 3 is 2.00 bits per heavy atom. The van der Waals surface area contributed by atoms with Gasteiger partial charge in [-0.15, -0.1) is 0 Å². The summed E-state index contributed by atoms with van der Waals surface area (Å²) in [5.41, 5.74) is 5.99. The lowest BCUT2D eigenvalue weighted by molar-refractivity contribution is -0.143. The summed E-state index contributed by atoms with van der Waals surface area (Å²) in [5.74, 6) is -4.66. The summed E-state index contributed by atoms with van der Waals surface area (Å²) in [6, 6.07) is 0.741. The molecule has 9 N–H and O–H groups in total. The quantitative estimate of drug-likeness (QED) is 0.0964. The van der Waals surface area contributed by atoms with E-state index in [2.05, 4.69) is 20.7 Å². The molecule has 0 aliphatic heterocycles. The van der Waals surface area contributed by atoms with E-state index in [0.717, 1.165) is 6.26 Å². The van der Waals surface area contributed by atoms with E-state index >= 15 is 0 Å². The lowest BCUT2D eigenvalue weighted by atomic mass is 10.00. The zero-order chi connectivity index (χ0) is 29.8. The fourth-order valence-electron chi connectivity index (χ4n) is 3.66. The summed E-state index contributed by atoms with van der Waals surface area (Å²) in [7, 11) is -3.73. The van der Waals surface area contributed by atoms with Gasteiger partial charge in [0.25, 0.3) is 0 Å². The number of hydrogen-bond acceptors (Lipinski definition) is 9. The SMILES string of the molecule is CC(C)[C@H](N[C@@H](CNC(=O)[C@H](CCCCN)NS(C)(=O)=O)C(=O)O)C(=O)N[C@@H](Cc1ccc(O)cc1)C(=O)O. The molecule has 0 aliphatic rings. The van der Waals surface area contributed by atoms with Gasteiger partial charge in [-0.3, -0.25) is 19.7 Å². The third kappa shape index (κ3) is 12.9. The van der Waals surface area contributed by atoms with Crippen LogP contribution >= 0.6 is 0 Å². The Bertz CT molecular complexity index is 1080. The van der Waals surface area contributed by atoms with Gasteiger partial charge < -0.3 is 31.7 Å². The largest absolute Gasteiger partial charge is 0.508 e. The number of phenols is 1. The van der Waals surface area contributed by atoms with Crippen molar-refractivity contribution in [2.45, 2.75) is 63.7 Å². The standard InChI is InChI=1S/C24H39N5O9S/c1-14(2)20(22(32)28-18(23(33)34)12-15-7-9-16(30)10-8-15)27-19(24(35)36)13-26-21(31)17(6-4-5-11-25)29-39(3,37)38/h7-10,14,17-20,27,29-30H,4-6,11-13,25H2,1-3H3,(H,26,31)(H,28,32)(H,33,34)(H,35,36)/t17-,18-,19-,20-/m0/s1. The molecule has 39 heavy (non-hydrogen) atoms. The topological polar surface area (TPSA) is 237 Å². The molecular weight excluding hydrogens is 534 g/mol. The molecule has 2 amide bonds. The van der Waals surface area contributed by atoms with Gasteiger partial charge in [-0.25, -0.2) is 17.9 Å². The van der Waals surface area contributed by atoms with Crippen LogP contribution in [-0.2, 0) is 35.6 Å². The average molecular weight is 574 g/mol. The van der Waals surface area contributed by atoms with Crippen LogP contribution in [0.5, 0.6) is 5.75 Å². The van der Waals surface area contributed by atoms with Crippen LogP contribution in [0.25, 0.3) is 0 Å². The molecule has 1 aromatic rings. The smallest absolute Gasteiger partial charge is 0.326 e. The number of carbonyl (C=O) groups is 4. The molecule has 0 fully saturated rings. The maximum atomic E-state index is 13.0. The van der Waals surface area contributed by atoms with Gasteiger partial charge in [0.1, 0.15) is 23.9 Å². The summed E-state index contributed by atoms with van der Waals surface area (Å²) in [6.07, 6.45) is 1.99. The molecule has 220 valence electrons. The van der Waals surface area contributed by atoms with Gasteiger partial charge >= 0.3 is 11.9 Å². The highest BCUT2D eigenvalue weighted by Gasteiger charge is 2.32. The zero-order valence-electron chi connectivity index (χ0n) is 22.2. The second kappa shape index (κ2) is 16.0. The summed E-state index contributed by atoms with van der Waals surface area (Å²) in [6.45, 7) is 3.15. The van der Waals surface area contributed by atoms with Crippen LogP contribution in [0, 0.1) is 5.92 Å². The molecular formula is C24H39N5O9S. The number of hydrogen-bond donors (Lipinski definition) is 8. The Kier molecular flexibility index (Phi) is 13.8. The van der Waals surface area contributed by atoms with E-state index in [0.29, 0.717) is 24.9 Å². The van der Waals surface area contributed by atoms with Crippen LogP contribution < -0.4 is 26.4 Å². The molecule has 0 aliphatic carbocycles. The Balaban J connectivity index is 2.93. The number of nitrogens with two attached hydrogens (primary N) is 1. The lowest BCUT2D eigenvalue weighted by Crippen LogP contribution is -2.59. The van der Waals surface area contributed by atoms with Gasteiger partial charge in [-0.1, -0.05) is 32.4 Å². The number of phenolic OH excluding ortho intramolecular Hbond substituents is 1. The van der Waals surface area contributed by atoms with E-state index in [1.54, 1.807) is 13.8 Å². The molecule has 0 aromatic heterocycles. The summed E-state index contributed by atoms with van der Waals surface area (Å²) in [5, 5.41) is 36.2. The molecule has 0 spiro atoms. The zero-order valence-corrected chi connectivity index (χ0v) is 23.0. The Morgan fingerprint density at radius 1 is 0.923 bits per heavy atom. The number of carboxylic acids is 2. The molecule has 1 aromatic carbocycles. The molecule has 15 heteroatoms. The first kappa shape index (κ1) is 33.8. The number of carbonyl (C=O) groups excluding carboxylic acids is 2. The summed E-state index contributed by atoms with van der Waals surface area (Å²) >= 11 is 0. The van der Waals surface area contributed by atoms with E-state index < -0.39 is 70.4 Å². The van der Waals surface area contributed by atoms with Crippen LogP contribution in [0.3, 0.4) is 0 Å². The molecule has 0 bridgehead atoms. The van der Waals surface area contributed by atoms with E-state index in [-0.39, 0.29) is 18.6 Å². The maximum Gasteiger partial charge on any atom is 0.326 e. The van der Waals surface area contributed by atoms with Crippen molar-refractivity contribution >= 4 is 33.8 Å². The molecule has 14 nitrogen and oxygen atoms in total. The maximum absolute atomic E-state index is 13.0. The third-order valence-corrected chi connectivity index (χ3v) is 6.43. The number of amides is 2. The van der Waals surface area contributed by atoms with Gasteiger partial charge in [0.2, 0.25) is 21.8 Å². The normalized spacial score (nSPS) is 14.7. The van der Waals surface area contributed by atoms with Gasteiger partial charge in [0.05, 0.1) is 12.3 Å². The highest BCUT2D eigenvalue weighted by atomic mass is 32.2. The van der Waals surface area contributed by atoms with E-state index in [9.17, 15) is 42.9 Å². The molecule has 4 atom stereocenters. The summed E-state index contributed by atoms with van der Waals surface area (Å²) < 4.78 is 25.6. The fourth-order valence-corrected chi connectivity index (χ4v) is 4.40. The van der Waals surface area contributed by atoms with E-state index in [1.165, 1.54) is 24.3 Å². The second-order valence-corrected chi connectivity index (χ2v) is 11.3. The van der Waals surface area contributed by atoms with Crippen LogP contribution in [0.1, 0.15) is 38.7 Å². The van der Waals surface area contributed by atoms with Crippen molar-refractivity contribution in [3.8, 4) is 5.75 Å². The summed E-state index contributed by atoms with van der Waals surface area (Å²) in [4.78, 5) is 49.4. The van der Waals surface area contributed by atoms with Crippen LogP contribution in [0.15, 0.2) is 24.3 Å². The average Bonchev–Trinajstić information content (AvgIpc) is 2.82. The molecule has 0 radical (unpaired) electrons. The lowest BCUT2D eigenvalue weighted by Gasteiger charge is -2.27. The number of benzene rings is 1. The Hall–Kier alpha value is -3.27. The Labute approximate surface area is 227 Å². The number of sulfonamides is 1. The number of carboxylic acid groups (broad SMARTS) is 2. The van der Waals surface area contributed by atoms with Crippen molar-refractivity contribution in [2.75, 3.05) is 19.3 Å². The minimum Gasteiger partial charge on any atom is -0.508 e. The van der Waals surface area contributed by atoms with Crippen molar-refractivity contribution in [3.63, 3.8) is 0 Å². The van der Waals surface area contributed by atoms with Gasteiger partial charge in [-0.05, 0) is 43.0 Å². The first-order valence-corrected chi connectivity index (χ1v) is 14.3. The predicted octanol–water partition coefficient (Wildman–Crippen LogP) is -1.27. The van der Waals surface area contributed by atoms with Gasteiger partial charge in [0.15, 0.2) is 0 Å². The first-order chi connectivity index (χ1) is 18.1. The molecule has 0 unspecified atom stereocenters. The number of nitrogens with one attached hydrogen (secondary N) is 4. The fraction of sp³-hybridized carbons (Fsp3) is 0.583. The van der Waals surface area contributed by atoms with Crippen LogP contribution in [0.4, 0.5) is 0 Å². The third-order valence-electron chi connectivity index (χ3n) is 5.72. The van der Waals surface area contributed by atoms with Crippen LogP contribution in [0.2, 0.25) is 0 Å². The van der Waals surface area contributed by atoms with Crippen molar-refractivity contribution in [3.05, 3.63) is 29.8 Å². The number of unbranched alkanes of at least 4 members (excludes halogenated alkanes) is 1.